The molecule has 2 aromatic rings. The van der Waals surface area contributed by atoms with E-state index < -0.39 is 18.2 Å². The van der Waals surface area contributed by atoms with Gasteiger partial charge in [-0.05, 0) is 30.2 Å². The van der Waals surface area contributed by atoms with Gasteiger partial charge in [0.05, 0.1) is 20.8 Å². The van der Waals surface area contributed by atoms with Gasteiger partial charge in [0.1, 0.15) is 0 Å². The number of nitrogens with one attached hydrogen (secondary N) is 1. The first-order valence-electron chi connectivity index (χ1n) is 10.2. The van der Waals surface area contributed by atoms with Crippen LogP contribution in [0, 0.1) is 0 Å². The molecule has 2 heterocycles. The van der Waals surface area contributed by atoms with Gasteiger partial charge in [-0.15, -0.1) is 0 Å². The molecule has 0 aliphatic carbocycles. The molecule has 0 radical (unpaired) electrons. The van der Waals surface area contributed by atoms with Gasteiger partial charge in [-0.2, -0.15) is 13.2 Å². The minimum atomic E-state index is -4.78. The number of halogens is 6. The van der Waals surface area contributed by atoms with Crippen molar-refractivity contribution in [3.63, 3.8) is 0 Å². The summed E-state index contributed by atoms with van der Waals surface area (Å²) in [5, 5.41) is 6.27. The normalized spacial score (nSPS) is 20.8. The number of rotatable bonds is 4. The average Bonchev–Trinajstić information content (AvgIpc) is 3.18. The number of likely N-dealkylation sites (tertiary alicyclic amines) is 1. The second kappa shape index (κ2) is 8.89. The zero-order chi connectivity index (χ0) is 24.0. The summed E-state index contributed by atoms with van der Waals surface area (Å²) >= 11 is 17.8. The smallest absolute Gasteiger partial charge is 0.374 e. The fraction of sp³-hybridized carbons (Fsp3) is 0.364. The van der Waals surface area contributed by atoms with Crippen molar-refractivity contribution < 1.29 is 22.8 Å². The lowest BCUT2D eigenvalue weighted by Crippen LogP contribution is -2.52. The largest absolute Gasteiger partial charge is 0.435 e. The molecule has 1 unspecified atom stereocenters. The van der Waals surface area contributed by atoms with E-state index in [1.807, 2.05) is 19.1 Å². The third kappa shape index (κ3) is 4.36. The predicted octanol–water partition coefficient (Wildman–Crippen LogP) is 6.36. The van der Waals surface area contributed by atoms with Gasteiger partial charge in [0, 0.05) is 37.5 Å². The molecule has 33 heavy (non-hydrogen) atoms. The number of urea groups is 1. The number of alkyl halides is 3. The van der Waals surface area contributed by atoms with E-state index in [0.29, 0.717) is 25.2 Å². The van der Waals surface area contributed by atoms with Crippen LogP contribution in [0.3, 0.4) is 0 Å². The van der Waals surface area contributed by atoms with Gasteiger partial charge in [-0.3, -0.25) is 0 Å². The van der Waals surface area contributed by atoms with Crippen molar-refractivity contribution in [3.05, 3.63) is 68.2 Å². The van der Waals surface area contributed by atoms with Gasteiger partial charge in [-0.1, -0.05) is 64.2 Å². The SMILES string of the molecule is CCNC(=O)N1CC(c2ccc(C3=NOC(c4cc(Cl)c(Cl)c(Cl)c4)(C(F)(F)F)C3)cc2)C1. The van der Waals surface area contributed by atoms with E-state index in [0.717, 1.165) is 17.7 Å². The number of oxime groups is 1. The van der Waals surface area contributed by atoms with E-state index in [1.54, 1.807) is 17.0 Å². The van der Waals surface area contributed by atoms with Crippen LogP contribution in [0.2, 0.25) is 15.1 Å². The Morgan fingerprint density at radius 2 is 1.79 bits per heavy atom. The minimum absolute atomic E-state index is 0.0316. The molecule has 1 atom stereocenters. The Kier molecular flexibility index (Phi) is 6.46. The highest BCUT2D eigenvalue weighted by Crippen LogP contribution is 2.50. The molecule has 1 N–H and O–H groups in total. The highest BCUT2D eigenvalue weighted by atomic mass is 35.5. The molecular weight excluding hydrogens is 502 g/mol. The maximum atomic E-state index is 14.2. The molecule has 0 bridgehead atoms. The lowest BCUT2D eigenvalue weighted by Gasteiger charge is -2.39. The van der Waals surface area contributed by atoms with E-state index in [1.165, 1.54) is 0 Å². The Bertz CT molecular complexity index is 1080. The van der Waals surface area contributed by atoms with Crippen LogP contribution in [-0.2, 0) is 10.4 Å². The summed E-state index contributed by atoms with van der Waals surface area (Å²) in [5.41, 5.74) is -1.34. The zero-order valence-electron chi connectivity index (χ0n) is 17.3. The Balaban J connectivity index is 1.52. The maximum Gasteiger partial charge on any atom is 0.435 e. The highest BCUT2D eigenvalue weighted by molar-refractivity contribution is 6.48. The van der Waals surface area contributed by atoms with E-state index in [4.69, 9.17) is 39.6 Å². The van der Waals surface area contributed by atoms with Crippen LogP contribution in [0.15, 0.2) is 41.6 Å². The number of carbonyl (C=O) groups excluding carboxylic acids is 1. The zero-order valence-corrected chi connectivity index (χ0v) is 19.6. The highest BCUT2D eigenvalue weighted by Gasteiger charge is 2.62. The summed E-state index contributed by atoms with van der Waals surface area (Å²) in [6, 6.07) is 9.18. The van der Waals surface area contributed by atoms with Crippen molar-refractivity contribution in [3.8, 4) is 0 Å². The Labute approximate surface area is 203 Å². The fourth-order valence-corrected chi connectivity index (χ4v) is 4.51. The summed E-state index contributed by atoms with van der Waals surface area (Å²) in [6.45, 7) is 3.59. The maximum absolute atomic E-state index is 14.2. The van der Waals surface area contributed by atoms with Gasteiger partial charge in [0.25, 0.3) is 5.60 Å². The lowest BCUT2D eigenvalue weighted by molar-refractivity contribution is -0.275. The van der Waals surface area contributed by atoms with E-state index in [-0.39, 0.29) is 38.3 Å². The number of hydrogen-bond donors (Lipinski definition) is 1. The number of hydrogen-bond acceptors (Lipinski definition) is 3. The van der Waals surface area contributed by atoms with Crippen LogP contribution >= 0.6 is 34.8 Å². The van der Waals surface area contributed by atoms with Crippen molar-refractivity contribution in [1.29, 1.82) is 0 Å². The van der Waals surface area contributed by atoms with Crippen LogP contribution in [0.4, 0.5) is 18.0 Å². The van der Waals surface area contributed by atoms with Crippen LogP contribution < -0.4 is 5.32 Å². The van der Waals surface area contributed by atoms with Crippen LogP contribution in [0.25, 0.3) is 0 Å². The summed E-state index contributed by atoms with van der Waals surface area (Å²) in [5.74, 6) is 0.177. The topological polar surface area (TPSA) is 53.9 Å². The van der Waals surface area contributed by atoms with E-state index in [9.17, 15) is 18.0 Å². The average molecular weight is 521 g/mol. The third-order valence-electron chi connectivity index (χ3n) is 5.85. The molecule has 2 amide bonds. The van der Waals surface area contributed by atoms with Crippen molar-refractivity contribution in [2.24, 2.45) is 5.16 Å². The van der Waals surface area contributed by atoms with Gasteiger partial charge in [-0.25, -0.2) is 4.79 Å². The van der Waals surface area contributed by atoms with E-state index >= 15 is 0 Å². The molecule has 0 spiro atoms. The molecule has 2 aliphatic rings. The fourth-order valence-electron chi connectivity index (χ4n) is 3.91. The monoisotopic (exact) mass is 519 g/mol. The molecular formula is C22H19Cl3F3N3O2. The number of benzene rings is 2. The molecule has 176 valence electrons. The van der Waals surface area contributed by atoms with Crippen LogP contribution in [0.5, 0.6) is 0 Å². The molecule has 1 saturated heterocycles. The second-order valence-electron chi connectivity index (χ2n) is 7.94. The first-order valence-corrected chi connectivity index (χ1v) is 11.3. The number of amides is 2. The van der Waals surface area contributed by atoms with Crippen molar-refractivity contribution in [1.82, 2.24) is 10.2 Å². The second-order valence-corrected chi connectivity index (χ2v) is 9.14. The summed E-state index contributed by atoms with van der Waals surface area (Å²) in [4.78, 5) is 18.6. The van der Waals surface area contributed by atoms with Gasteiger partial charge in [0.2, 0.25) is 0 Å². The molecule has 0 saturated carbocycles. The Morgan fingerprint density at radius 3 is 2.33 bits per heavy atom. The standard InChI is InChI=1S/C22H19Cl3F3N3O2/c1-2-29-20(32)31-10-14(11-31)12-3-5-13(6-4-12)18-9-21(33-30-18,22(26,27)28)15-7-16(23)19(25)17(24)8-15/h3-8,14H,2,9-11H2,1H3,(H,29,32). The first kappa shape index (κ1) is 24.0. The van der Waals surface area contributed by atoms with Crippen LogP contribution in [0.1, 0.15) is 36.0 Å². The van der Waals surface area contributed by atoms with Gasteiger partial charge >= 0.3 is 12.2 Å². The van der Waals surface area contributed by atoms with Crippen molar-refractivity contribution >= 4 is 46.5 Å². The molecule has 1 fully saturated rings. The van der Waals surface area contributed by atoms with Crippen LogP contribution in [-0.4, -0.2) is 42.5 Å². The minimum Gasteiger partial charge on any atom is -0.374 e. The van der Waals surface area contributed by atoms with Crippen molar-refractivity contribution in [2.45, 2.75) is 31.0 Å². The Hall–Kier alpha value is -2.16. The predicted molar refractivity (Wildman–Crippen MR) is 121 cm³/mol. The third-order valence-corrected chi connectivity index (χ3v) is 7.05. The number of carbonyl (C=O) groups is 1. The van der Waals surface area contributed by atoms with Gasteiger partial charge < -0.3 is 15.1 Å². The molecule has 4 rings (SSSR count). The quantitative estimate of drug-likeness (QED) is 0.477. The summed E-state index contributed by atoms with van der Waals surface area (Å²) in [6.07, 6.45) is -5.33. The Morgan fingerprint density at radius 1 is 1.18 bits per heavy atom. The van der Waals surface area contributed by atoms with Crippen molar-refractivity contribution in [2.75, 3.05) is 19.6 Å². The molecule has 2 aliphatic heterocycles. The number of nitrogens with zero attached hydrogens (tertiary/aromatic N) is 2. The summed E-state index contributed by atoms with van der Waals surface area (Å²) in [7, 11) is 0. The summed E-state index contributed by atoms with van der Waals surface area (Å²) < 4.78 is 42.5. The van der Waals surface area contributed by atoms with E-state index in [2.05, 4.69) is 10.5 Å². The van der Waals surface area contributed by atoms with Gasteiger partial charge in [0.15, 0.2) is 0 Å². The molecule has 2 aromatic carbocycles. The molecule has 0 aromatic heterocycles. The molecule has 11 heteroatoms. The lowest BCUT2D eigenvalue weighted by atomic mass is 9.85. The first-order chi connectivity index (χ1) is 15.6. The molecule has 5 nitrogen and oxygen atoms in total.